The van der Waals surface area contributed by atoms with Gasteiger partial charge in [-0.25, -0.2) is 0 Å². The van der Waals surface area contributed by atoms with Gasteiger partial charge < -0.3 is 86.0 Å². The Labute approximate surface area is 385 Å². The van der Waals surface area contributed by atoms with Crippen LogP contribution in [0, 0.1) is 17.8 Å². The lowest BCUT2D eigenvalue weighted by Crippen LogP contribution is -2.61. The highest BCUT2D eigenvalue weighted by atomic mass is 16.7. The Morgan fingerprint density at radius 3 is 1.73 bits per heavy atom. The fraction of sp³-hybridized carbons (Fsp3) is 0.660. The van der Waals surface area contributed by atoms with Crippen molar-refractivity contribution >= 4 is 11.9 Å². The van der Waals surface area contributed by atoms with E-state index in [-0.39, 0.29) is 12.3 Å². The van der Waals surface area contributed by atoms with Crippen LogP contribution in [-0.4, -0.2) is 177 Å². The van der Waals surface area contributed by atoms with Crippen LogP contribution in [0.1, 0.15) is 72.6 Å². The van der Waals surface area contributed by atoms with E-state index in [2.05, 4.69) is 0 Å². The van der Waals surface area contributed by atoms with Crippen molar-refractivity contribution in [1.82, 2.24) is 0 Å². The summed E-state index contributed by atoms with van der Waals surface area (Å²) in [5.74, 6) is -7.09. The molecule has 0 radical (unpaired) electrons. The Bertz CT molecular complexity index is 1700. The highest BCUT2D eigenvalue weighted by molar-refractivity contribution is 5.71. The van der Waals surface area contributed by atoms with Crippen molar-refractivity contribution in [2.24, 2.45) is 23.5 Å². The Morgan fingerprint density at radius 2 is 1.17 bits per heavy atom. The average molecular weight is 940 g/mol. The molecule has 0 aromatic heterocycles. The van der Waals surface area contributed by atoms with Gasteiger partial charge in [0.15, 0.2) is 12.1 Å². The van der Waals surface area contributed by atoms with Gasteiger partial charge >= 0.3 is 11.9 Å². The van der Waals surface area contributed by atoms with E-state index < -0.39 is 166 Å². The minimum absolute atomic E-state index is 0.308. The van der Waals surface area contributed by atoms with Gasteiger partial charge in [0.05, 0.1) is 79.6 Å². The summed E-state index contributed by atoms with van der Waals surface area (Å²) in [4.78, 5) is 25.1. The molecular weight excluding hydrogens is 867 g/mol. The summed E-state index contributed by atoms with van der Waals surface area (Å²) in [6, 6.07) is -1.17. The summed E-state index contributed by atoms with van der Waals surface area (Å²) in [5.41, 5.74) is 6.01. The molecule has 2 saturated heterocycles. The maximum Gasteiger partial charge on any atom is 0.311 e. The van der Waals surface area contributed by atoms with Gasteiger partial charge in [-0.3, -0.25) is 9.59 Å². The van der Waals surface area contributed by atoms with E-state index in [1.807, 2.05) is 6.92 Å². The number of aliphatic hydroxyl groups is 11. The first-order chi connectivity index (χ1) is 31.0. The predicted molar refractivity (Wildman–Crippen MR) is 238 cm³/mol. The molecule has 14 N–H and O–H groups in total. The van der Waals surface area contributed by atoms with Gasteiger partial charge in [-0.2, -0.15) is 0 Å². The number of allylic oxidation sites excluding steroid dienone is 12. The molecule has 0 aliphatic carbocycles. The molecule has 2 bridgehead atoms. The number of cyclic esters (lactones) is 1. The normalized spacial score (nSPS) is 42.7. The molecule has 3 aliphatic rings. The molecule has 2 fully saturated rings. The van der Waals surface area contributed by atoms with Crippen LogP contribution in [-0.2, 0) is 28.5 Å². The smallest absolute Gasteiger partial charge is 0.311 e. The maximum atomic E-state index is 12.6. The van der Waals surface area contributed by atoms with Gasteiger partial charge in [0.2, 0.25) is 0 Å². The molecule has 0 aromatic rings. The van der Waals surface area contributed by atoms with Crippen molar-refractivity contribution in [2.75, 3.05) is 0 Å². The third kappa shape index (κ3) is 18.2. The summed E-state index contributed by atoms with van der Waals surface area (Å²) in [6.45, 7) is 6.65. The fourth-order valence-electron chi connectivity index (χ4n) is 8.05. The number of fused-ring (bicyclic) bond motifs is 2. The van der Waals surface area contributed by atoms with Crippen molar-refractivity contribution in [3.63, 3.8) is 0 Å². The number of aliphatic carboxylic acids is 1. The third-order valence-electron chi connectivity index (χ3n) is 12.1. The highest BCUT2D eigenvalue weighted by Crippen LogP contribution is 2.38. The van der Waals surface area contributed by atoms with Gasteiger partial charge in [0.1, 0.15) is 24.2 Å². The number of carbonyl (C=O) groups excluding carboxylic acids is 1. The zero-order valence-electron chi connectivity index (χ0n) is 37.9. The summed E-state index contributed by atoms with van der Waals surface area (Å²) >= 11 is 0. The zero-order valence-corrected chi connectivity index (χ0v) is 37.9. The van der Waals surface area contributed by atoms with Gasteiger partial charge in [0.25, 0.3) is 0 Å². The van der Waals surface area contributed by atoms with E-state index >= 15 is 0 Å². The van der Waals surface area contributed by atoms with Crippen molar-refractivity contribution in [2.45, 2.75) is 176 Å². The molecule has 1 unspecified atom stereocenters. The number of hydrogen-bond acceptors (Lipinski definition) is 18. The third-order valence-corrected chi connectivity index (χ3v) is 12.1. The quantitative estimate of drug-likeness (QED) is 0.161. The number of hydrogen-bond donors (Lipinski definition) is 13. The SMILES string of the molecule is C[C@@H]1[C@H](O)[C@@H](C)C=CC=CC=CC=CC=CC=CC=C[C@H](O[C@@H]2O[C@H](C)[C@@H](O)[C@H](N)[C@@H]2O)C[C@@H]2O[C@](O)(C[C@@H](O)C[C@@H](O)[C@H](O)C(O)C[C@@H](O)C[C@@H](O)CC(=O)O[C@H]1C)C[C@H](O)[C@H]2C(=O)O. The van der Waals surface area contributed by atoms with Crippen LogP contribution >= 0.6 is 0 Å². The van der Waals surface area contributed by atoms with Crippen LogP contribution < -0.4 is 5.73 Å². The second kappa shape index (κ2) is 27.5. The van der Waals surface area contributed by atoms with E-state index in [0.717, 1.165) is 0 Å². The Hall–Kier alpha value is -3.48. The minimum atomic E-state index is -2.40. The Balaban J connectivity index is 1.88. The fourth-order valence-corrected chi connectivity index (χ4v) is 8.05. The van der Waals surface area contributed by atoms with E-state index in [1.54, 1.807) is 92.8 Å². The maximum absolute atomic E-state index is 12.6. The van der Waals surface area contributed by atoms with E-state index in [9.17, 15) is 70.9 Å². The summed E-state index contributed by atoms with van der Waals surface area (Å²) in [6.07, 6.45) is -0.958. The second-order valence-electron chi connectivity index (χ2n) is 17.7. The second-order valence-corrected chi connectivity index (χ2v) is 17.7. The molecule has 0 spiro atoms. The Morgan fingerprint density at radius 1 is 0.636 bits per heavy atom. The van der Waals surface area contributed by atoms with Crippen LogP contribution in [0.3, 0.4) is 0 Å². The standard InChI is InChI=1S/C47H73NO18/c1-26-17-15-13-11-9-7-5-6-8-10-12-14-16-18-33(65-46-44(59)40(48)42(57)29(4)64-46)23-37-39(45(60)61)36(54)25-47(62,66-37)24-32(51)21-35(53)43(58)34(52)20-30(49)19-31(50)22-38(55)63-28(3)27(2)41(26)56/h5-18,26-37,39-44,46,49-54,56-59,62H,19-25,48H2,1-4H3,(H,60,61)/t26-,27-,28-,29+,30-,31+,32-,33-,34?,35+,36-,37-,39+,40-,41+,42+,43+,44-,46-,47+/m0/s1. The molecule has 0 aromatic carbocycles. The lowest BCUT2D eigenvalue weighted by atomic mass is 9.82. The van der Waals surface area contributed by atoms with E-state index in [0.29, 0.717) is 0 Å². The first-order valence-electron chi connectivity index (χ1n) is 22.4. The molecule has 0 amide bonds. The van der Waals surface area contributed by atoms with Crippen LogP contribution in [0.4, 0.5) is 0 Å². The number of ether oxygens (including phenoxy) is 4. The molecule has 19 nitrogen and oxygen atoms in total. The number of esters is 1. The molecule has 19 heteroatoms. The summed E-state index contributed by atoms with van der Waals surface area (Å²) < 4.78 is 23.1. The van der Waals surface area contributed by atoms with Crippen LogP contribution in [0.5, 0.6) is 0 Å². The van der Waals surface area contributed by atoms with Gasteiger partial charge in [-0.15, -0.1) is 0 Å². The molecule has 20 atom stereocenters. The van der Waals surface area contributed by atoms with Crippen LogP contribution in [0.15, 0.2) is 85.1 Å². The van der Waals surface area contributed by atoms with Crippen LogP contribution in [0.25, 0.3) is 0 Å². The van der Waals surface area contributed by atoms with Crippen molar-refractivity contribution < 1.29 is 89.8 Å². The van der Waals surface area contributed by atoms with Crippen molar-refractivity contribution in [3.8, 4) is 0 Å². The lowest BCUT2D eigenvalue weighted by molar-refractivity contribution is -0.308. The molecule has 0 saturated carbocycles. The highest BCUT2D eigenvalue weighted by Gasteiger charge is 2.51. The largest absolute Gasteiger partial charge is 0.481 e. The Kier molecular flexibility index (Phi) is 23.7. The van der Waals surface area contributed by atoms with Crippen molar-refractivity contribution in [1.29, 1.82) is 0 Å². The monoisotopic (exact) mass is 939 g/mol. The summed E-state index contributed by atoms with van der Waals surface area (Å²) in [7, 11) is 0. The number of carbonyl (C=O) groups is 2. The minimum Gasteiger partial charge on any atom is -0.481 e. The number of aliphatic hydroxyl groups excluding tert-OH is 10. The van der Waals surface area contributed by atoms with Gasteiger partial charge in [-0.1, -0.05) is 98.9 Å². The first-order valence-corrected chi connectivity index (χ1v) is 22.4. The average Bonchev–Trinajstić information content (AvgIpc) is 3.22. The molecule has 374 valence electrons. The van der Waals surface area contributed by atoms with E-state index in [1.165, 1.54) is 13.0 Å². The molecule has 3 heterocycles. The molecule has 3 aliphatic heterocycles. The number of rotatable bonds is 3. The molecule has 3 rings (SSSR count). The van der Waals surface area contributed by atoms with Gasteiger partial charge in [-0.05, 0) is 20.3 Å². The topological polar surface area (TPSA) is 340 Å². The van der Waals surface area contributed by atoms with Gasteiger partial charge in [0, 0.05) is 43.9 Å². The zero-order chi connectivity index (χ0) is 49.3. The number of nitrogens with two attached hydrogens (primary N) is 1. The first kappa shape index (κ1) is 56.8. The van der Waals surface area contributed by atoms with Crippen LogP contribution in [0.2, 0.25) is 0 Å². The molecule has 66 heavy (non-hydrogen) atoms. The predicted octanol–water partition coefficient (Wildman–Crippen LogP) is -0.317. The van der Waals surface area contributed by atoms with Crippen molar-refractivity contribution in [3.05, 3.63) is 85.1 Å². The lowest BCUT2D eigenvalue weighted by Gasteiger charge is -2.45. The number of carboxylic acids is 1. The summed E-state index contributed by atoms with van der Waals surface area (Å²) in [5, 5.41) is 129. The molecular formula is C47H73NO18. The van der Waals surface area contributed by atoms with E-state index in [4.69, 9.17) is 24.7 Å². The number of carboxylic acid groups (broad SMARTS) is 1.